The Morgan fingerprint density at radius 1 is 1.15 bits per heavy atom. The maximum Gasteiger partial charge on any atom is 0.254 e. The number of hydrogen-bond donors (Lipinski definition) is 2. The largest absolute Gasteiger partial charge is 0.454 e. The third-order valence-electron chi connectivity index (χ3n) is 6.54. The van der Waals surface area contributed by atoms with Crippen LogP contribution in [0.3, 0.4) is 0 Å². The summed E-state index contributed by atoms with van der Waals surface area (Å²) in [5, 5.41) is 17.5. The van der Waals surface area contributed by atoms with E-state index in [0.717, 1.165) is 55.2 Å². The number of nitrogens with one attached hydrogen (secondary N) is 1. The van der Waals surface area contributed by atoms with Crippen LogP contribution in [-0.2, 0) is 12.1 Å². The van der Waals surface area contributed by atoms with E-state index < -0.39 is 11.4 Å². The number of likely N-dealkylation sites (tertiary alicyclic amines) is 1. The van der Waals surface area contributed by atoms with Gasteiger partial charge in [-0.1, -0.05) is 24.3 Å². The van der Waals surface area contributed by atoms with Crippen molar-refractivity contribution in [3.05, 3.63) is 65.9 Å². The van der Waals surface area contributed by atoms with E-state index in [1.807, 2.05) is 42.5 Å². The van der Waals surface area contributed by atoms with Crippen LogP contribution < -0.4 is 20.5 Å². The number of benzene rings is 2. The number of nitrogens with two attached hydrogens (primary N) is 1. The third kappa shape index (κ3) is 4.28. The predicted octanol–water partition coefficient (Wildman–Crippen LogP) is 3.36. The SMILES string of the molecule is N#CCC1(n2cc(C(N)=O)c(Nc3ccccc3)n2)CCN(Cc2ccc3c(c2)OCO3)CC1. The lowest BCUT2D eigenvalue weighted by Gasteiger charge is -2.40. The summed E-state index contributed by atoms with van der Waals surface area (Å²) in [6, 6.07) is 17.8. The minimum Gasteiger partial charge on any atom is -0.454 e. The van der Waals surface area contributed by atoms with Crippen molar-refractivity contribution in [3.63, 3.8) is 0 Å². The smallest absolute Gasteiger partial charge is 0.254 e. The molecule has 9 nitrogen and oxygen atoms in total. The fourth-order valence-electron chi connectivity index (χ4n) is 4.61. The number of aromatic nitrogens is 2. The van der Waals surface area contributed by atoms with Crippen LogP contribution in [0.25, 0.3) is 0 Å². The van der Waals surface area contributed by atoms with Gasteiger partial charge in [-0.15, -0.1) is 0 Å². The molecule has 0 spiro atoms. The van der Waals surface area contributed by atoms with Crippen molar-refractivity contribution in [2.75, 3.05) is 25.2 Å². The summed E-state index contributed by atoms with van der Waals surface area (Å²) < 4.78 is 12.7. The second kappa shape index (κ2) is 9.08. The van der Waals surface area contributed by atoms with Crippen LogP contribution in [0.5, 0.6) is 11.5 Å². The molecular weight excluding hydrogens is 432 g/mol. The highest BCUT2D eigenvalue weighted by Gasteiger charge is 2.38. The van der Waals surface area contributed by atoms with Crippen molar-refractivity contribution in [1.82, 2.24) is 14.7 Å². The highest BCUT2D eigenvalue weighted by Crippen LogP contribution is 2.37. The highest BCUT2D eigenvalue weighted by molar-refractivity contribution is 5.98. The average molecular weight is 459 g/mol. The van der Waals surface area contributed by atoms with E-state index in [-0.39, 0.29) is 6.79 Å². The van der Waals surface area contributed by atoms with Crippen molar-refractivity contribution in [2.24, 2.45) is 5.73 Å². The van der Waals surface area contributed by atoms with Crippen molar-refractivity contribution >= 4 is 17.4 Å². The first-order valence-electron chi connectivity index (χ1n) is 11.3. The summed E-state index contributed by atoms with van der Waals surface area (Å²) in [6.45, 7) is 2.63. The minimum atomic E-state index is -0.558. The fourth-order valence-corrected chi connectivity index (χ4v) is 4.61. The number of piperidine rings is 1. The second-order valence-corrected chi connectivity index (χ2v) is 8.71. The molecule has 0 unspecified atom stereocenters. The molecule has 9 heteroatoms. The van der Waals surface area contributed by atoms with Gasteiger partial charge in [-0.25, -0.2) is 0 Å². The van der Waals surface area contributed by atoms with Gasteiger partial charge in [-0.3, -0.25) is 14.4 Å². The van der Waals surface area contributed by atoms with Gasteiger partial charge in [-0.05, 0) is 42.7 Å². The molecule has 0 atom stereocenters. The van der Waals surface area contributed by atoms with E-state index in [0.29, 0.717) is 17.8 Å². The van der Waals surface area contributed by atoms with Gasteiger partial charge in [0.25, 0.3) is 5.91 Å². The molecule has 0 radical (unpaired) electrons. The number of hydrogen-bond acceptors (Lipinski definition) is 7. The third-order valence-corrected chi connectivity index (χ3v) is 6.54. The van der Waals surface area contributed by atoms with Gasteiger partial charge < -0.3 is 20.5 Å². The molecule has 0 saturated carbocycles. The topological polar surface area (TPSA) is 118 Å². The van der Waals surface area contributed by atoms with Crippen LogP contribution in [-0.4, -0.2) is 40.5 Å². The molecule has 2 aliphatic heterocycles. The van der Waals surface area contributed by atoms with Gasteiger partial charge in [0.1, 0.15) is 5.56 Å². The Balaban J connectivity index is 1.34. The van der Waals surface area contributed by atoms with Crippen LogP contribution in [0.2, 0.25) is 0 Å². The van der Waals surface area contributed by atoms with E-state index in [1.54, 1.807) is 10.9 Å². The van der Waals surface area contributed by atoms with Crippen LogP contribution in [0.4, 0.5) is 11.5 Å². The Kier molecular flexibility index (Phi) is 5.82. The standard InChI is InChI=1S/C25H26N6O3/c26-11-8-25(31-16-20(23(27)32)24(29-31)28-19-4-2-1-3-5-19)9-12-30(13-10-25)15-18-6-7-21-22(14-18)34-17-33-21/h1-7,14,16H,8-10,12-13,15,17H2,(H2,27,32)(H,28,29). The summed E-state index contributed by atoms with van der Waals surface area (Å²) in [5.74, 6) is 1.40. The molecular formula is C25H26N6O3. The van der Waals surface area contributed by atoms with Gasteiger partial charge in [-0.2, -0.15) is 10.4 Å². The lowest BCUT2D eigenvalue weighted by atomic mass is 9.84. The number of fused-ring (bicyclic) bond motifs is 1. The monoisotopic (exact) mass is 458 g/mol. The number of nitriles is 1. The maximum atomic E-state index is 12.1. The number of primary amides is 1. The van der Waals surface area contributed by atoms with Gasteiger partial charge in [0.15, 0.2) is 17.3 Å². The number of para-hydroxylation sites is 1. The number of amides is 1. The maximum absolute atomic E-state index is 12.1. The van der Waals surface area contributed by atoms with Gasteiger partial charge in [0.05, 0.1) is 18.0 Å². The van der Waals surface area contributed by atoms with Crippen molar-refractivity contribution in [2.45, 2.75) is 31.3 Å². The van der Waals surface area contributed by atoms with Crippen molar-refractivity contribution < 1.29 is 14.3 Å². The summed E-state index contributed by atoms with van der Waals surface area (Å²) in [5.41, 5.74) is 7.42. The lowest BCUT2D eigenvalue weighted by Crippen LogP contribution is -2.46. The Hall–Kier alpha value is -4.03. The molecule has 3 N–H and O–H groups in total. The summed E-state index contributed by atoms with van der Waals surface area (Å²) in [7, 11) is 0. The van der Waals surface area contributed by atoms with E-state index in [4.69, 9.17) is 20.3 Å². The Morgan fingerprint density at radius 2 is 1.91 bits per heavy atom. The Morgan fingerprint density at radius 3 is 2.65 bits per heavy atom. The molecule has 5 rings (SSSR count). The van der Waals surface area contributed by atoms with Crippen LogP contribution in [0.1, 0.15) is 35.2 Å². The fraction of sp³-hybridized carbons (Fsp3) is 0.320. The van der Waals surface area contributed by atoms with Crippen molar-refractivity contribution in [1.29, 1.82) is 5.26 Å². The molecule has 0 bridgehead atoms. The van der Waals surface area contributed by atoms with Gasteiger partial charge in [0.2, 0.25) is 6.79 Å². The van der Waals surface area contributed by atoms with Crippen LogP contribution >= 0.6 is 0 Å². The lowest BCUT2D eigenvalue weighted by molar-refractivity contribution is 0.0967. The van der Waals surface area contributed by atoms with Crippen LogP contribution in [0.15, 0.2) is 54.7 Å². The normalized spacial score (nSPS) is 16.7. The number of nitrogens with zero attached hydrogens (tertiary/aromatic N) is 4. The summed E-state index contributed by atoms with van der Waals surface area (Å²) in [6.07, 6.45) is 3.44. The molecule has 1 fully saturated rings. The molecule has 1 aromatic heterocycles. The van der Waals surface area contributed by atoms with E-state index in [9.17, 15) is 10.1 Å². The van der Waals surface area contributed by atoms with Crippen molar-refractivity contribution in [3.8, 4) is 17.6 Å². The Bertz CT molecular complexity index is 1230. The highest BCUT2D eigenvalue weighted by atomic mass is 16.7. The van der Waals surface area contributed by atoms with E-state index in [1.165, 1.54) is 0 Å². The zero-order valence-corrected chi connectivity index (χ0v) is 18.7. The molecule has 1 amide bonds. The molecule has 3 aromatic rings. The molecule has 34 heavy (non-hydrogen) atoms. The second-order valence-electron chi connectivity index (χ2n) is 8.71. The Labute approximate surface area is 197 Å². The number of anilines is 2. The van der Waals surface area contributed by atoms with E-state index >= 15 is 0 Å². The molecule has 0 aliphatic carbocycles. The molecule has 2 aliphatic rings. The van der Waals surface area contributed by atoms with Gasteiger partial charge >= 0.3 is 0 Å². The number of ether oxygens (including phenoxy) is 2. The molecule has 174 valence electrons. The van der Waals surface area contributed by atoms with Gasteiger partial charge in [0, 0.05) is 31.5 Å². The first-order valence-corrected chi connectivity index (χ1v) is 11.3. The van der Waals surface area contributed by atoms with E-state index in [2.05, 4.69) is 22.4 Å². The molecule has 2 aromatic carbocycles. The van der Waals surface area contributed by atoms with Crippen LogP contribution in [0, 0.1) is 11.3 Å². The number of carbonyl (C=O) groups is 1. The zero-order chi connectivity index (χ0) is 23.5. The number of rotatable bonds is 7. The quantitative estimate of drug-likeness (QED) is 0.557. The first-order chi connectivity index (χ1) is 16.6. The molecule has 3 heterocycles. The minimum absolute atomic E-state index is 0.261. The number of carbonyl (C=O) groups excluding carboxylic acids is 1. The summed E-state index contributed by atoms with van der Waals surface area (Å²) in [4.78, 5) is 14.5. The average Bonchev–Trinajstić information content (AvgIpc) is 3.48. The zero-order valence-electron chi connectivity index (χ0n) is 18.7. The predicted molar refractivity (Wildman–Crippen MR) is 126 cm³/mol. The first kappa shape index (κ1) is 21.8. The molecule has 1 saturated heterocycles. The summed E-state index contributed by atoms with van der Waals surface area (Å²) >= 11 is 0.